The van der Waals surface area contributed by atoms with Crippen molar-refractivity contribution in [2.24, 2.45) is 0 Å². The van der Waals surface area contributed by atoms with Gasteiger partial charge in [0.05, 0.1) is 16.3 Å². The van der Waals surface area contributed by atoms with Gasteiger partial charge in [-0.05, 0) is 72.9 Å². The monoisotopic (exact) mass is 474 g/mol. The number of anilines is 2. The molecular weight excluding hydrogens is 451 g/mol. The first kappa shape index (κ1) is 22.3. The normalized spacial score (nSPS) is 14.1. The van der Waals surface area contributed by atoms with Crippen molar-refractivity contribution in [3.05, 3.63) is 89.7 Å². The molecule has 0 aromatic heterocycles. The van der Waals surface area contributed by atoms with E-state index >= 15 is 0 Å². The van der Waals surface area contributed by atoms with Crippen molar-refractivity contribution in [1.82, 2.24) is 0 Å². The van der Waals surface area contributed by atoms with Crippen molar-refractivity contribution < 1.29 is 21.2 Å². The van der Waals surface area contributed by atoms with Crippen LogP contribution >= 0.6 is 0 Å². The molecule has 3 aromatic rings. The second kappa shape index (κ2) is 8.91. The summed E-state index contributed by atoms with van der Waals surface area (Å²) in [6.07, 6.45) is 1.62. The summed E-state index contributed by atoms with van der Waals surface area (Å²) >= 11 is 0. The zero-order valence-corrected chi connectivity index (χ0v) is 18.9. The Morgan fingerprint density at radius 3 is 2.34 bits per heavy atom. The van der Waals surface area contributed by atoms with E-state index in [1.807, 2.05) is 30.3 Å². The van der Waals surface area contributed by atoms with Crippen molar-refractivity contribution in [3.63, 3.8) is 0 Å². The minimum atomic E-state index is -3.85. The number of nitrogens with one attached hydrogen (secondary N) is 1. The van der Waals surface area contributed by atoms with Gasteiger partial charge >= 0.3 is 0 Å². The van der Waals surface area contributed by atoms with Gasteiger partial charge in [-0.1, -0.05) is 30.3 Å². The van der Waals surface area contributed by atoms with Crippen LogP contribution in [0.2, 0.25) is 0 Å². The Bertz CT molecular complexity index is 1310. The molecule has 0 fully saturated rings. The van der Waals surface area contributed by atoms with Crippen LogP contribution in [-0.2, 0) is 32.9 Å². The fourth-order valence-corrected chi connectivity index (χ4v) is 6.37. The molecule has 3 aromatic carbocycles. The van der Waals surface area contributed by atoms with Gasteiger partial charge in [-0.3, -0.25) is 9.03 Å². The first-order valence-electron chi connectivity index (χ1n) is 10.2. The highest BCUT2D eigenvalue weighted by molar-refractivity contribution is 7.93. The minimum absolute atomic E-state index is 0.0115. The smallest absolute Gasteiger partial charge is 0.264 e. The van der Waals surface area contributed by atoms with E-state index in [1.54, 1.807) is 18.2 Å². The summed E-state index contributed by atoms with van der Waals surface area (Å²) in [6.45, 7) is 0.300. The maximum atomic E-state index is 13.2. The zero-order chi connectivity index (χ0) is 22.8. The molecule has 1 N–H and O–H groups in total. The molecule has 0 bridgehead atoms. The Hall–Kier alpha value is -2.91. The van der Waals surface area contributed by atoms with E-state index in [-0.39, 0.29) is 10.6 Å². The third-order valence-corrected chi connectivity index (χ3v) is 8.45. The van der Waals surface area contributed by atoms with Crippen molar-refractivity contribution in [2.75, 3.05) is 21.3 Å². The fraction of sp³-hybridized carbons (Fsp3) is 0.217. The maximum Gasteiger partial charge on any atom is 0.264 e. The number of sulfonamides is 2. The highest BCUT2D eigenvalue weighted by Gasteiger charge is 2.29. The number of benzene rings is 3. The molecule has 4 rings (SSSR count). The van der Waals surface area contributed by atoms with Gasteiger partial charge in [0.15, 0.2) is 0 Å². The van der Waals surface area contributed by atoms with Gasteiger partial charge in [0, 0.05) is 12.2 Å². The lowest BCUT2D eigenvalue weighted by Crippen LogP contribution is -2.35. The van der Waals surface area contributed by atoms with Crippen LogP contribution in [0.25, 0.3) is 0 Å². The number of rotatable bonds is 7. The second-order valence-corrected chi connectivity index (χ2v) is 11.3. The summed E-state index contributed by atoms with van der Waals surface area (Å²) < 4.78 is 68.3. The standard InChI is InChI=1S/C23H23FN2O4S2/c24-20-8-11-22(12-9-20)32(29,30)26-15-4-7-19-17-21(10-13-23(19)26)25-31(27,28)16-14-18-5-2-1-3-6-18/h1-3,5-6,8-13,17,25H,4,7,14-16H2. The van der Waals surface area contributed by atoms with E-state index < -0.39 is 25.9 Å². The lowest BCUT2D eigenvalue weighted by Gasteiger charge is -2.31. The quantitative estimate of drug-likeness (QED) is 0.562. The van der Waals surface area contributed by atoms with E-state index in [0.717, 1.165) is 23.3 Å². The molecule has 0 spiro atoms. The first-order chi connectivity index (χ1) is 15.2. The zero-order valence-electron chi connectivity index (χ0n) is 17.2. The number of hydrogen-bond acceptors (Lipinski definition) is 4. The van der Waals surface area contributed by atoms with Crippen LogP contribution in [-0.4, -0.2) is 29.1 Å². The summed E-state index contributed by atoms with van der Waals surface area (Å²) in [6, 6.07) is 19.0. The molecule has 1 aliphatic rings. The molecule has 9 heteroatoms. The van der Waals surface area contributed by atoms with Gasteiger partial charge in [0.25, 0.3) is 10.0 Å². The van der Waals surface area contributed by atoms with E-state index in [2.05, 4.69) is 4.72 Å². The summed E-state index contributed by atoms with van der Waals surface area (Å²) in [5.41, 5.74) is 2.58. The first-order valence-corrected chi connectivity index (χ1v) is 13.3. The van der Waals surface area contributed by atoms with Gasteiger partial charge in [0.1, 0.15) is 5.82 Å². The number of halogens is 1. The molecule has 0 saturated heterocycles. The number of fused-ring (bicyclic) bond motifs is 1. The molecule has 0 saturated carbocycles. The van der Waals surface area contributed by atoms with E-state index in [9.17, 15) is 21.2 Å². The SMILES string of the molecule is O=S(=O)(CCc1ccccc1)Nc1ccc2c(c1)CCCN2S(=O)(=O)c1ccc(F)cc1. The largest absolute Gasteiger partial charge is 0.284 e. The predicted molar refractivity (Wildman–Crippen MR) is 123 cm³/mol. The molecule has 32 heavy (non-hydrogen) atoms. The maximum absolute atomic E-state index is 13.2. The van der Waals surface area contributed by atoms with Crippen molar-refractivity contribution >= 4 is 31.4 Å². The Morgan fingerprint density at radius 1 is 0.906 bits per heavy atom. The average Bonchev–Trinajstić information content (AvgIpc) is 2.78. The molecule has 168 valence electrons. The van der Waals surface area contributed by atoms with Crippen molar-refractivity contribution in [3.8, 4) is 0 Å². The highest BCUT2D eigenvalue weighted by Crippen LogP contribution is 2.34. The van der Waals surface area contributed by atoms with Crippen LogP contribution < -0.4 is 9.03 Å². The Labute approximate surface area is 187 Å². The van der Waals surface area contributed by atoms with Crippen LogP contribution in [0.4, 0.5) is 15.8 Å². The Morgan fingerprint density at radius 2 is 1.62 bits per heavy atom. The van der Waals surface area contributed by atoms with Crippen LogP contribution in [0.1, 0.15) is 17.5 Å². The van der Waals surface area contributed by atoms with Crippen LogP contribution in [0.15, 0.2) is 77.7 Å². The topological polar surface area (TPSA) is 83.6 Å². The molecule has 0 unspecified atom stereocenters. The van der Waals surface area contributed by atoms with E-state index in [0.29, 0.717) is 37.2 Å². The third-order valence-electron chi connectivity index (χ3n) is 5.33. The van der Waals surface area contributed by atoms with Crippen LogP contribution in [0.3, 0.4) is 0 Å². The van der Waals surface area contributed by atoms with Crippen molar-refractivity contribution in [2.45, 2.75) is 24.2 Å². The second-order valence-electron chi connectivity index (χ2n) is 7.63. The number of aryl methyl sites for hydroxylation is 2. The molecule has 0 aliphatic carbocycles. The lowest BCUT2D eigenvalue weighted by atomic mass is 10.0. The molecule has 6 nitrogen and oxygen atoms in total. The fourth-order valence-electron chi connectivity index (χ4n) is 3.74. The summed E-state index contributed by atoms with van der Waals surface area (Å²) in [5, 5.41) is 0. The molecule has 0 amide bonds. The van der Waals surface area contributed by atoms with Gasteiger partial charge in [-0.15, -0.1) is 0 Å². The average molecular weight is 475 g/mol. The van der Waals surface area contributed by atoms with Crippen molar-refractivity contribution in [1.29, 1.82) is 0 Å². The molecule has 1 aliphatic heterocycles. The van der Waals surface area contributed by atoms with Gasteiger partial charge in [-0.25, -0.2) is 21.2 Å². The molecule has 0 atom stereocenters. The summed E-state index contributed by atoms with van der Waals surface area (Å²) in [4.78, 5) is 0.0115. The Balaban J connectivity index is 1.53. The minimum Gasteiger partial charge on any atom is -0.284 e. The predicted octanol–water partition coefficient (Wildman–Crippen LogP) is 3.95. The molecule has 0 radical (unpaired) electrons. The van der Waals surface area contributed by atoms with Gasteiger partial charge < -0.3 is 0 Å². The third kappa shape index (κ3) is 4.94. The summed E-state index contributed by atoms with van der Waals surface area (Å²) in [5.74, 6) is -0.564. The van der Waals surface area contributed by atoms with E-state index in [1.165, 1.54) is 16.4 Å². The number of hydrogen-bond donors (Lipinski definition) is 1. The molecule has 1 heterocycles. The van der Waals surface area contributed by atoms with Gasteiger partial charge in [0.2, 0.25) is 10.0 Å². The highest BCUT2D eigenvalue weighted by atomic mass is 32.2. The van der Waals surface area contributed by atoms with Gasteiger partial charge in [-0.2, -0.15) is 0 Å². The lowest BCUT2D eigenvalue weighted by molar-refractivity contribution is 0.585. The molecular formula is C23H23FN2O4S2. The number of nitrogens with zero attached hydrogens (tertiary/aromatic N) is 1. The van der Waals surface area contributed by atoms with Crippen LogP contribution in [0, 0.1) is 5.82 Å². The van der Waals surface area contributed by atoms with Crippen LogP contribution in [0.5, 0.6) is 0 Å². The van der Waals surface area contributed by atoms with E-state index in [4.69, 9.17) is 0 Å². The summed E-state index contributed by atoms with van der Waals surface area (Å²) in [7, 11) is -7.42. The Kier molecular flexibility index (Phi) is 6.21.